The quantitative estimate of drug-likeness (QED) is 0.0619. The summed E-state index contributed by atoms with van der Waals surface area (Å²) in [4.78, 5) is 30.9. The maximum atomic E-state index is 13.6. The molecular weight excluding hydrogens is 897 g/mol. The number of rotatable bonds is 16. The molecule has 4 aromatic carbocycles. The van der Waals surface area contributed by atoms with Gasteiger partial charge in [0.05, 0.1) is 65.8 Å². The second kappa shape index (κ2) is 19.1. The number of H-pyrrole nitrogens is 1. The molecule has 2 unspecified atom stereocenters. The van der Waals surface area contributed by atoms with E-state index in [4.69, 9.17) is 36.0 Å². The van der Waals surface area contributed by atoms with Gasteiger partial charge in [-0.25, -0.2) is 29.9 Å². The van der Waals surface area contributed by atoms with Gasteiger partial charge in [-0.2, -0.15) is 13.2 Å². The van der Waals surface area contributed by atoms with Crippen molar-refractivity contribution < 1.29 is 32.9 Å². The summed E-state index contributed by atoms with van der Waals surface area (Å²) < 4.78 is 54.0. The van der Waals surface area contributed by atoms with E-state index in [1.165, 1.54) is 25.3 Å². The summed E-state index contributed by atoms with van der Waals surface area (Å²) in [5, 5.41) is 31.6. The Balaban J connectivity index is 1.10. The standard InChI is InChI=1S/C50H48ClF3N10O4/c1-29-26-55-45(57-29)38-17-15-35(22-41(38)67-5)59-47-61-39(32-9-11-33(12-10-32)50(52,53)54)25-44(63-47)49(4,66)20-19-48(3,65)43-24-37(21-31-7-13-34(51)14-8-31)60-46(62-43)58-36-16-18-40(42(23-36)68-6)64-27-30(2)56-28-64/h7-18,22-28,65-66H,19-21H2,1-6H3,(H,55,57)(H,58,60,62)(H,59,61,63). The number of ether oxygens (including phenoxy) is 2. The van der Waals surface area contributed by atoms with Gasteiger partial charge in [0.15, 0.2) is 0 Å². The number of nitrogens with zero attached hydrogens (tertiary/aromatic N) is 7. The maximum absolute atomic E-state index is 13.6. The third-order valence-corrected chi connectivity index (χ3v) is 11.6. The van der Waals surface area contributed by atoms with Crippen molar-refractivity contribution in [2.24, 2.45) is 0 Å². The first-order valence-corrected chi connectivity index (χ1v) is 21.8. The van der Waals surface area contributed by atoms with Gasteiger partial charge in [-0.15, -0.1) is 0 Å². The summed E-state index contributed by atoms with van der Waals surface area (Å²) in [6.07, 6.45) is 1.09. The van der Waals surface area contributed by atoms with Crippen LogP contribution in [0, 0.1) is 13.8 Å². The van der Waals surface area contributed by atoms with Crippen LogP contribution in [0.2, 0.25) is 5.02 Å². The number of hydrogen-bond acceptors (Lipinski definition) is 12. The fourth-order valence-corrected chi connectivity index (χ4v) is 7.65. The number of anilines is 4. The summed E-state index contributed by atoms with van der Waals surface area (Å²) in [6.45, 7) is 6.95. The van der Waals surface area contributed by atoms with Crippen molar-refractivity contribution in [3.63, 3.8) is 0 Å². The Labute approximate surface area is 395 Å². The van der Waals surface area contributed by atoms with Crippen LogP contribution in [0.4, 0.5) is 36.4 Å². The second-order valence-corrected chi connectivity index (χ2v) is 17.3. The van der Waals surface area contributed by atoms with Gasteiger partial charge in [-0.3, -0.25) is 0 Å². The largest absolute Gasteiger partial charge is 0.496 e. The van der Waals surface area contributed by atoms with Crippen LogP contribution < -0.4 is 20.1 Å². The molecular formula is C50H48ClF3N10O4. The normalized spacial score (nSPS) is 13.4. The lowest BCUT2D eigenvalue weighted by Crippen LogP contribution is -2.30. The third kappa shape index (κ3) is 10.9. The van der Waals surface area contributed by atoms with Crippen LogP contribution in [0.3, 0.4) is 0 Å². The predicted molar refractivity (Wildman–Crippen MR) is 254 cm³/mol. The van der Waals surface area contributed by atoms with Crippen LogP contribution in [-0.2, 0) is 23.8 Å². The molecule has 5 N–H and O–H groups in total. The van der Waals surface area contributed by atoms with Gasteiger partial charge >= 0.3 is 6.18 Å². The van der Waals surface area contributed by atoms with Gasteiger partial charge in [-0.1, -0.05) is 35.9 Å². The first kappa shape index (κ1) is 47.2. The van der Waals surface area contributed by atoms with Crippen molar-refractivity contribution in [2.75, 3.05) is 24.9 Å². The van der Waals surface area contributed by atoms with Crippen LogP contribution in [-0.4, -0.2) is 63.9 Å². The van der Waals surface area contributed by atoms with Gasteiger partial charge in [-0.05, 0) is 107 Å². The van der Waals surface area contributed by atoms with Crippen molar-refractivity contribution in [1.82, 2.24) is 39.5 Å². The Morgan fingerprint density at radius 2 is 1.34 bits per heavy atom. The van der Waals surface area contributed by atoms with Crippen LogP contribution in [0.1, 0.15) is 66.3 Å². The minimum atomic E-state index is -4.54. The second-order valence-electron chi connectivity index (χ2n) is 16.8. The highest BCUT2D eigenvalue weighted by atomic mass is 35.5. The van der Waals surface area contributed by atoms with Crippen molar-refractivity contribution in [3.8, 4) is 39.8 Å². The van der Waals surface area contributed by atoms with E-state index in [1.54, 1.807) is 63.8 Å². The molecule has 18 heteroatoms. The number of aromatic amines is 1. The SMILES string of the molecule is COc1cc(Nc2nc(-c3ccc(C(F)(F)F)cc3)cc(C(C)(O)CCC(C)(O)c3cc(Cc4ccc(Cl)cc4)nc(Nc4ccc(-n5cnc(C)c5)c(OC)c4)n3)n2)ccc1-c1ncc(C)[nH]1. The zero-order valence-corrected chi connectivity index (χ0v) is 38.7. The first-order valence-electron chi connectivity index (χ1n) is 21.4. The smallest absolute Gasteiger partial charge is 0.416 e. The molecule has 0 saturated carbocycles. The van der Waals surface area contributed by atoms with Crippen molar-refractivity contribution in [1.29, 1.82) is 0 Å². The molecule has 14 nitrogen and oxygen atoms in total. The van der Waals surface area contributed by atoms with E-state index in [1.807, 2.05) is 61.0 Å². The zero-order valence-electron chi connectivity index (χ0n) is 37.9. The molecule has 4 aromatic heterocycles. The number of imidazole rings is 2. The maximum Gasteiger partial charge on any atom is 0.416 e. The Bertz CT molecular complexity index is 3060. The van der Waals surface area contributed by atoms with Crippen LogP contribution in [0.5, 0.6) is 11.5 Å². The van der Waals surface area contributed by atoms with Gasteiger partial charge in [0.25, 0.3) is 0 Å². The van der Waals surface area contributed by atoms with E-state index in [2.05, 4.69) is 30.6 Å². The van der Waals surface area contributed by atoms with Crippen molar-refractivity contribution >= 4 is 34.9 Å². The Kier molecular flexibility index (Phi) is 13.3. The molecule has 0 saturated heterocycles. The fraction of sp³-hybridized carbons (Fsp3) is 0.240. The van der Waals surface area contributed by atoms with Crippen molar-refractivity contribution in [3.05, 3.63) is 160 Å². The first-order chi connectivity index (χ1) is 32.3. The molecule has 0 spiro atoms. The molecule has 0 radical (unpaired) electrons. The van der Waals surface area contributed by atoms with Gasteiger partial charge in [0.2, 0.25) is 11.9 Å². The van der Waals surface area contributed by atoms with Crippen LogP contribution in [0.15, 0.2) is 116 Å². The summed E-state index contributed by atoms with van der Waals surface area (Å²) >= 11 is 6.19. The molecule has 0 bridgehead atoms. The van der Waals surface area contributed by atoms with Crippen LogP contribution >= 0.6 is 11.6 Å². The monoisotopic (exact) mass is 944 g/mol. The molecule has 8 aromatic rings. The number of benzene rings is 4. The molecule has 0 aliphatic rings. The fourth-order valence-electron chi connectivity index (χ4n) is 7.53. The number of hydrogen-bond donors (Lipinski definition) is 5. The van der Waals surface area contributed by atoms with Gasteiger partial charge in [0.1, 0.15) is 28.5 Å². The van der Waals surface area contributed by atoms with Crippen molar-refractivity contribution in [2.45, 2.75) is 64.3 Å². The molecule has 0 fully saturated rings. The highest BCUT2D eigenvalue weighted by Gasteiger charge is 2.34. The molecule has 350 valence electrons. The lowest BCUT2D eigenvalue weighted by molar-refractivity contribution is -0.137. The summed E-state index contributed by atoms with van der Waals surface area (Å²) in [6, 6.07) is 26.1. The molecule has 2 atom stereocenters. The van der Waals surface area contributed by atoms with Gasteiger partial charge in [0, 0.05) is 58.6 Å². The average molecular weight is 945 g/mol. The van der Waals surface area contributed by atoms with E-state index < -0.39 is 22.9 Å². The van der Waals surface area contributed by atoms with E-state index in [9.17, 15) is 23.4 Å². The summed E-state index contributed by atoms with van der Waals surface area (Å²) in [5.74, 6) is 1.94. The molecule has 0 aliphatic heterocycles. The van der Waals surface area contributed by atoms with E-state index in [-0.39, 0.29) is 41.8 Å². The number of aromatic nitrogens is 8. The molecule has 68 heavy (non-hydrogen) atoms. The van der Waals surface area contributed by atoms with E-state index >= 15 is 0 Å². The average Bonchev–Trinajstić information content (AvgIpc) is 3.96. The highest BCUT2D eigenvalue weighted by Crippen LogP contribution is 2.38. The van der Waals surface area contributed by atoms with Gasteiger partial charge < -0.3 is 39.9 Å². The Hall–Kier alpha value is -7.34. The number of aliphatic hydroxyl groups is 2. The molecule has 0 aliphatic carbocycles. The number of nitrogens with one attached hydrogen (secondary N) is 3. The zero-order chi connectivity index (χ0) is 48.4. The van der Waals surface area contributed by atoms with E-state index in [0.29, 0.717) is 57.0 Å². The minimum Gasteiger partial charge on any atom is -0.496 e. The number of alkyl halides is 3. The molecule has 4 heterocycles. The third-order valence-electron chi connectivity index (χ3n) is 11.4. The minimum absolute atomic E-state index is 0.0169. The topological polar surface area (TPSA) is 181 Å². The summed E-state index contributed by atoms with van der Waals surface area (Å²) in [7, 11) is 3.11. The number of methoxy groups -OCH3 is 2. The number of halogens is 4. The predicted octanol–water partition coefficient (Wildman–Crippen LogP) is 10.8. The lowest BCUT2D eigenvalue weighted by Gasteiger charge is -2.29. The Morgan fingerprint density at radius 1 is 0.721 bits per heavy atom. The summed E-state index contributed by atoms with van der Waals surface area (Å²) in [5.41, 5.74) is 2.74. The molecule has 0 amide bonds. The molecule has 8 rings (SSSR count). The highest BCUT2D eigenvalue weighted by molar-refractivity contribution is 6.30. The number of aryl methyl sites for hydroxylation is 2. The Morgan fingerprint density at radius 3 is 1.93 bits per heavy atom. The van der Waals surface area contributed by atoms with E-state index in [0.717, 1.165) is 34.8 Å². The van der Waals surface area contributed by atoms with Crippen LogP contribution in [0.25, 0.3) is 28.3 Å². The lowest BCUT2D eigenvalue weighted by atomic mass is 9.86.